The van der Waals surface area contributed by atoms with Crippen LogP contribution in [0.5, 0.6) is 11.5 Å². The Balaban J connectivity index is 1.44. The lowest BCUT2D eigenvalue weighted by Gasteiger charge is -2.32. The number of rotatable bonds is 8. The zero-order chi connectivity index (χ0) is 20.8. The van der Waals surface area contributed by atoms with Crippen molar-refractivity contribution in [1.82, 2.24) is 10.1 Å². The van der Waals surface area contributed by atoms with Crippen LogP contribution in [0.2, 0.25) is 5.22 Å². The monoisotopic (exact) mass is 420 g/mol. The molecule has 1 amide bonds. The number of benzene rings is 1. The summed E-state index contributed by atoms with van der Waals surface area (Å²) in [5.74, 6) is 2.45. The number of likely N-dealkylation sites (tertiary alicyclic amines) is 1. The fourth-order valence-corrected chi connectivity index (χ4v) is 4.15. The maximum atomic E-state index is 12.5. The number of aromatic nitrogens is 1. The van der Waals surface area contributed by atoms with Crippen molar-refractivity contribution in [2.75, 3.05) is 27.3 Å². The molecular formula is C22H29ClN2O4. The lowest BCUT2D eigenvalue weighted by Crippen LogP contribution is -2.38. The first-order valence-corrected chi connectivity index (χ1v) is 10.5. The van der Waals surface area contributed by atoms with Crippen molar-refractivity contribution in [1.29, 1.82) is 0 Å². The molecule has 7 heteroatoms. The molecule has 1 aliphatic rings. The Hall–Kier alpha value is -2.21. The summed E-state index contributed by atoms with van der Waals surface area (Å²) in [6, 6.07) is 6.03. The molecule has 3 rings (SSSR count). The van der Waals surface area contributed by atoms with Crippen LogP contribution in [-0.2, 0) is 17.6 Å². The van der Waals surface area contributed by atoms with Crippen molar-refractivity contribution < 1.29 is 18.8 Å². The van der Waals surface area contributed by atoms with Gasteiger partial charge >= 0.3 is 0 Å². The summed E-state index contributed by atoms with van der Waals surface area (Å²) in [5.41, 5.74) is 2.82. The van der Waals surface area contributed by atoms with E-state index in [9.17, 15) is 4.79 Å². The molecule has 2 aromatic rings. The first-order chi connectivity index (χ1) is 14.0. The van der Waals surface area contributed by atoms with E-state index >= 15 is 0 Å². The molecular weight excluding hydrogens is 392 g/mol. The summed E-state index contributed by atoms with van der Waals surface area (Å²) in [6.45, 7) is 3.49. The highest BCUT2D eigenvalue weighted by atomic mass is 35.5. The number of carbonyl (C=O) groups excluding carboxylic acids is 1. The van der Waals surface area contributed by atoms with Gasteiger partial charge in [0.25, 0.3) is 0 Å². The van der Waals surface area contributed by atoms with Crippen LogP contribution in [0.3, 0.4) is 0 Å². The molecule has 0 aliphatic carbocycles. The first kappa shape index (κ1) is 21.5. The second kappa shape index (κ2) is 10.0. The van der Waals surface area contributed by atoms with Gasteiger partial charge < -0.3 is 18.9 Å². The number of ether oxygens (including phenoxy) is 2. The number of halogens is 1. The second-order valence-electron chi connectivity index (χ2n) is 7.60. The van der Waals surface area contributed by atoms with E-state index in [1.54, 1.807) is 14.2 Å². The highest BCUT2D eigenvalue weighted by Gasteiger charge is 2.23. The summed E-state index contributed by atoms with van der Waals surface area (Å²) < 4.78 is 15.7. The third-order valence-electron chi connectivity index (χ3n) is 5.75. The smallest absolute Gasteiger partial charge is 0.229 e. The molecule has 0 atom stereocenters. The Bertz CT molecular complexity index is 786. The number of methoxy groups -OCH3 is 2. The van der Waals surface area contributed by atoms with Gasteiger partial charge in [-0.2, -0.15) is 0 Å². The van der Waals surface area contributed by atoms with Gasteiger partial charge in [0.05, 0.1) is 19.9 Å². The quantitative estimate of drug-likeness (QED) is 0.630. The molecule has 1 saturated heterocycles. The van der Waals surface area contributed by atoms with Crippen molar-refractivity contribution >= 4 is 17.5 Å². The zero-order valence-corrected chi connectivity index (χ0v) is 18.1. The van der Waals surface area contributed by atoms with Crippen LogP contribution in [0.25, 0.3) is 0 Å². The van der Waals surface area contributed by atoms with E-state index in [-0.39, 0.29) is 5.91 Å². The Morgan fingerprint density at radius 3 is 2.38 bits per heavy atom. The summed E-state index contributed by atoms with van der Waals surface area (Å²) in [4.78, 5) is 14.5. The second-order valence-corrected chi connectivity index (χ2v) is 7.95. The van der Waals surface area contributed by atoms with Gasteiger partial charge in [-0.3, -0.25) is 4.79 Å². The van der Waals surface area contributed by atoms with Crippen LogP contribution >= 0.6 is 11.6 Å². The number of carbonyl (C=O) groups is 1. The van der Waals surface area contributed by atoms with E-state index in [0.717, 1.165) is 61.5 Å². The van der Waals surface area contributed by atoms with Gasteiger partial charge in [-0.15, -0.1) is 0 Å². The maximum Gasteiger partial charge on any atom is 0.229 e. The molecule has 1 aromatic carbocycles. The van der Waals surface area contributed by atoms with Crippen LogP contribution in [0.15, 0.2) is 22.7 Å². The number of nitrogens with zero attached hydrogens (tertiary/aromatic N) is 2. The van der Waals surface area contributed by atoms with E-state index in [0.29, 0.717) is 24.0 Å². The highest BCUT2D eigenvalue weighted by molar-refractivity contribution is 6.29. The first-order valence-electron chi connectivity index (χ1n) is 10.1. The van der Waals surface area contributed by atoms with Crippen molar-refractivity contribution in [3.05, 3.63) is 40.2 Å². The van der Waals surface area contributed by atoms with Crippen LogP contribution in [0, 0.1) is 12.8 Å². The fourth-order valence-electron chi connectivity index (χ4n) is 3.88. The number of amides is 1. The van der Waals surface area contributed by atoms with Gasteiger partial charge in [0.1, 0.15) is 11.5 Å². The SMILES string of the molecule is COc1cc(CCC2CCN(C(=O)CCc3c(C)noc3Cl)CC2)cc(OC)c1. The van der Waals surface area contributed by atoms with Gasteiger partial charge in [0.15, 0.2) is 0 Å². The third kappa shape index (κ3) is 5.66. The molecule has 0 spiro atoms. The average molecular weight is 421 g/mol. The van der Waals surface area contributed by atoms with Gasteiger partial charge in [0.2, 0.25) is 11.1 Å². The molecule has 29 heavy (non-hydrogen) atoms. The number of piperidine rings is 1. The number of aryl methyl sites for hydroxylation is 2. The van der Waals surface area contributed by atoms with Crippen molar-refractivity contribution in [3.8, 4) is 11.5 Å². The molecule has 1 fully saturated rings. The van der Waals surface area contributed by atoms with Crippen molar-refractivity contribution in [2.45, 2.75) is 45.4 Å². The van der Waals surface area contributed by atoms with Gasteiger partial charge in [-0.05, 0) is 74.2 Å². The summed E-state index contributed by atoms with van der Waals surface area (Å²) in [7, 11) is 3.34. The summed E-state index contributed by atoms with van der Waals surface area (Å²) in [5, 5.41) is 4.13. The minimum absolute atomic E-state index is 0.178. The predicted octanol–water partition coefficient (Wildman–Crippen LogP) is 4.46. The summed E-state index contributed by atoms with van der Waals surface area (Å²) in [6.07, 6.45) is 5.19. The van der Waals surface area contributed by atoms with Gasteiger partial charge in [0, 0.05) is 31.1 Å². The standard InChI is InChI=1S/C22H29ClN2O4/c1-15-20(22(23)29-24-15)6-7-21(26)25-10-8-16(9-11-25)4-5-17-12-18(27-2)14-19(13-17)28-3/h12-14,16H,4-11H2,1-3H3. The molecule has 6 nitrogen and oxygen atoms in total. The zero-order valence-electron chi connectivity index (χ0n) is 17.4. The molecule has 0 bridgehead atoms. The molecule has 0 saturated carbocycles. The van der Waals surface area contributed by atoms with Crippen LogP contribution in [0.4, 0.5) is 0 Å². The topological polar surface area (TPSA) is 64.8 Å². The largest absolute Gasteiger partial charge is 0.497 e. The molecule has 1 aromatic heterocycles. The Labute approximate surface area is 177 Å². The number of hydrogen-bond donors (Lipinski definition) is 0. The lowest BCUT2D eigenvalue weighted by molar-refractivity contribution is -0.132. The van der Waals surface area contributed by atoms with Crippen molar-refractivity contribution in [3.63, 3.8) is 0 Å². The molecule has 1 aliphatic heterocycles. The molecule has 0 radical (unpaired) electrons. The van der Waals surface area contributed by atoms with E-state index in [1.165, 1.54) is 5.56 Å². The van der Waals surface area contributed by atoms with Crippen LogP contribution < -0.4 is 9.47 Å². The minimum Gasteiger partial charge on any atom is -0.497 e. The molecule has 2 heterocycles. The third-order valence-corrected chi connectivity index (χ3v) is 6.04. The van der Waals surface area contributed by atoms with Crippen molar-refractivity contribution in [2.24, 2.45) is 5.92 Å². The highest BCUT2D eigenvalue weighted by Crippen LogP contribution is 2.27. The number of hydrogen-bond acceptors (Lipinski definition) is 5. The van der Waals surface area contributed by atoms with Crippen LogP contribution in [-0.4, -0.2) is 43.3 Å². The minimum atomic E-state index is 0.178. The van der Waals surface area contributed by atoms with E-state index in [2.05, 4.69) is 17.3 Å². The van der Waals surface area contributed by atoms with E-state index < -0.39 is 0 Å². The van der Waals surface area contributed by atoms with Crippen LogP contribution in [0.1, 0.15) is 42.5 Å². The van der Waals surface area contributed by atoms with E-state index in [4.69, 9.17) is 25.6 Å². The van der Waals surface area contributed by atoms with Gasteiger partial charge in [-0.1, -0.05) is 5.16 Å². The maximum absolute atomic E-state index is 12.5. The molecule has 158 valence electrons. The average Bonchev–Trinajstić information content (AvgIpc) is 3.07. The summed E-state index contributed by atoms with van der Waals surface area (Å²) >= 11 is 5.99. The normalized spacial score (nSPS) is 14.8. The lowest BCUT2D eigenvalue weighted by atomic mass is 9.90. The Morgan fingerprint density at radius 1 is 1.17 bits per heavy atom. The Morgan fingerprint density at radius 2 is 1.83 bits per heavy atom. The fraction of sp³-hybridized carbons (Fsp3) is 0.545. The predicted molar refractivity (Wildman–Crippen MR) is 112 cm³/mol. The van der Waals surface area contributed by atoms with Gasteiger partial charge in [-0.25, -0.2) is 0 Å². The molecule has 0 unspecified atom stereocenters. The molecule has 0 N–H and O–H groups in total. The van der Waals surface area contributed by atoms with E-state index in [1.807, 2.05) is 17.9 Å². The Kier molecular flexibility index (Phi) is 7.42.